The van der Waals surface area contributed by atoms with Crippen LogP contribution >= 0.6 is 8.25 Å². The Kier molecular flexibility index (Phi) is 6.18. The Labute approximate surface area is 76.1 Å². The zero-order valence-electron chi connectivity index (χ0n) is 7.36. The predicted molar refractivity (Wildman–Crippen MR) is 43.4 cm³/mol. The Morgan fingerprint density at radius 1 is 1.15 bits per heavy atom. The van der Waals surface area contributed by atoms with E-state index in [9.17, 15) is 14.2 Å². The lowest BCUT2D eigenvalue weighted by atomic mass is 10.3. The van der Waals surface area contributed by atoms with E-state index in [-0.39, 0.29) is 12.8 Å². The van der Waals surface area contributed by atoms with E-state index in [1.54, 1.807) is 0 Å². The first-order chi connectivity index (χ1) is 6.10. The van der Waals surface area contributed by atoms with E-state index >= 15 is 0 Å². The van der Waals surface area contributed by atoms with Gasteiger partial charge in [-0.2, -0.15) is 0 Å². The quantitative estimate of drug-likeness (QED) is 0.486. The molecule has 0 saturated carbocycles. The maximum absolute atomic E-state index is 10.7. The first-order valence-electron chi connectivity index (χ1n) is 3.45. The molecule has 1 atom stereocenters. The van der Waals surface area contributed by atoms with Gasteiger partial charge in [0.1, 0.15) is 0 Å². The molecular weight excluding hydrogens is 199 g/mol. The van der Waals surface area contributed by atoms with Gasteiger partial charge >= 0.3 is 20.2 Å². The zero-order chi connectivity index (χ0) is 10.3. The van der Waals surface area contributed by atoms with E-state index < -0.39 is 20.2 Å². The minimum absolute atomic E-state index is 0.0891. The molecule has 0 aromatic heterocycles. The molecule has 1 unspecified atom stereocenters. The molecule has 0 heterocycles. The zero-order valence-corrected chi connectivity index (χ0v) is 8.36. The lowest BCUT2D eigenvalue weighted by molar-refractivity contribution is -0.144. The third-order valence-electron chi connectivity index (χ3n) is 1.12. The lowest BCUT2D eigenvalue weighted by Gasteiger charge is -2.01. The Morgan fingerprint density at radius 3 is 2.15 bits per heavy atom. The number of hydrogen-bond acceptors (Lipinski definition) is 6. The Morgan fingerprint density at radius 2 is 1.69 bits per heavy atom. The fourth-order valence-corrected chi connectivity index (χ4v) is 0.863. The van der Waals surface area contributed by atoms with Crippen molar-refractivity contribution in [2.45, 2.75) is 12.8 Å². The summed E-state index contributed by atoms with van der Waals surface area (Å²) in [7, 11) is -0.358. The molecule has 13 heavy (non-hydrogen) atoms. The maximum atomic E-state index is 10.7. The van der Waals surface area contributed by atoms with Crippen LogP contribution in [0, 0.1) is 0 Å². The fraction of sp³-hybridized carbons (Fsp3) is 0.667. The van der Waals surface area contributed by atoms with Gasteiger partial charge in [0, 0.05) is 7.11 Å². The van der Waals surface area contributed by atoms with Crippen molar-refractivity contribution >= 4 is 20.2 Å². The molecule has 0 fully saturated rings. The second kappa shape index (κ2) is 6.62. The molecular formula is C6H11O6P. The van der Waals surface area contributed by atoms with Crippen LogP contribution in [0.1, 0.15) is 12.8 Å². The summed E-state index contributed by atoms with van der Waals surface area (Å²) in [6.45, 7) is 0. The molecule has 0 spiro atoms. The number of methoxy groups -OCH3 is 1. The van der Waals surface area contributed by atoms with Crippen LogP contribution in [0.25, 0.3) is 0 Å². The molecule has 76 valence electrons. The molecule has 6 nitrogen and oxygen atoms in total. The SMILES string of the molecule is COC(=O)CCC(=O)O[PH](=O)OC. The molecule has 0 amide bonds. The molecule has 0 aromatic rings. The molecule has 0 radical (unpaired) electrons. The van der Waals surface area contributed by atoms with E-state index in [2.05, 4.69) is 13.8 Å². The average Bonchev–Trinajstić information content (AvgIpc) is 2.13. The summed E-state index contributed by atoms with van der Waals surface area (Å²) >= 11 is 0. The van der Waals surface area contributed by atoms with Gasteiger partial charge in [0.05, 0.1) is 20.0 Å². The Hall–Kier alpha value is -0.870. The van der Waals surface area contributed by atoms with Crippen molar-refractivity contribution in [3.05, 3.63) is 0 Å². The van der Waals surface area contributed by atoms with Gasteiger partial charge in [0.25, 0.3) is 0 Å². The predicted octanol–water partition coefficient (Wildman–Crippen LogP) is 0.519. The van der Waals surface area contributed by atoms with E-state index in [4.69, 9.17) is 0 Å². The van der Waals surface area contributed by atoms with Crippen LogP contribution in [0.4, 0.5) is 0 Å². The molecule has 0 aromatic carbocycles. The molecule has 0 aliphatic rings. The first-order valence-corrected chi connectivity index (χ1v) is 4.68. The summed E-state index contributed by atoms with van der Waals surface area (Å²) in [5, 5.41) is 0. The highest BCUT2D eigenvalue weighted by molar-refractivity contribution is 7.34. The summed E-state index contributed by atoms with van der Waals surface area (Å²) in [5.41, 5.74) is 0. The topological polar surface area (TPSA) is 78.9 Å². The largest absolute Gasteiger partial charge is 0.469 e. The van der Waals surface area contributed by atoms with Crippen LogP contribution in [0.5, 0.6) is 0 Å². The van der Waals surface area contributed by atoms with E-state index in [0.717, 1.165) is 7.11 Å². The normalized spacial score (nSPS) is 11.8. The van der Waals surface area contributed by atoms with Gasteiger partial charge in [-0.3, -0.25) is 9.59 Å². The van der Waals surface area contributed by atoms with E-state index in [0.29, 0.717) is 0 Å². The van der Waals surface area contributed by atoms with Crippen LogP contribution in [0.15, 0.2) is 0 Å². The van der Waals surface area contributed by atoms with Gasteiger partial charge < -0.3 is 13.8 Å². The maximum Gasteiger partial charge on any atom is 0.369 e. The Bertz CT molecular complexity index is 213. The minimum atomic E-state index is -2.73. The smallest absolute Gasteiger partial charge is 0.369 e. The molecule has 0 aliphatic carbocycles. The molecule has 0 saturated heterocycles. The number of hydrogen-bond donors (Lipinski definition) is 0. The highest BCUT2D eigenvalue weighted by atomic mass is 31.1. The summed E-state index contributed by atoms with van der Waals surface area (Å²) in [4.78, 5) is 21.3. The third kappa shape index (κ3) is 6.31. The van der Waals surface area contributed by atoms with Gasteiger partial charge in [-0.15, -0.1) is 0 Å². The van der Waals surface area contributed by atoms with E-state index in [1.807, 2.05) is 0 Å². The summed E-state index contributed by atoms with van der Waals surface area (Å²) in [6, 6.07) is 0. The number of rotatable bonds is 5. The van der Waals surface area contributed by atoms with Crippen molar-refractivity contribution in [1.29, 1.82) is 0 Å². The highest BCUT2D eigenvalue weighted by Crippen LogP contribution is 2.22. The van der Waals surface area contributed by atoms with Crippen molar-refractivity contribution in [2.75, 3.05) is 14.2 Å². The van der Waals surface area contributed by atoms with Gasteiger partial charge in [0.2, 0.25) is 0 Å². The van der Waals surface area contributed by atoms with Gasteiger partial charge in [-0.25, -0.2) is 4.57 Å². The molecule has 0 rings (SSSR count). The van der Waals surface area contributed by atoms with Crippen molar-refractivity contribution in [3.8, 4) is 0 Å². The Balaban J connectivity index is 3.63. The lowest BCUT2D eigenvalue weighted by Crippen LogP contribution is -2.06. The van der Waals surface area contributed by atoms with E-state index in [1.165, 1.54) is 7.11 Å². The number of carbonyl (C=O) groups excluding carboxylic acids is 2. The molecule has 0 aliphatic heterocycles. The van der Waals surface area contributed by atoms with Crippen LogP contribution in [0.3, 0.4) is 0 Å². The van der Waals surface area contributed by atoms with Crippen molar-refractivity contribution < 1.29 is 27.9 Å². The standard InChI is InChI=1S/C6H11O6P/c1-10-5(7)3-4-6(8)12-13(9)11-2/h13H,3-4H2,1-2H3. The summed E-state index contributed by atoms with van der Waals surface area (Å²) in [5.74, 6) is -1.26. The fourth-order valence-electron chi connectivity index (χ4n) is 0.492. The van der Waals surface area contributed by atoms with Crippen molar-refractivity contribution in [2.24, 2.45) is 0 Å². The second-order valence-electron chi connectivity index (χ2n) is 2.00. The van der Waals surface area contributed by atoms with Crippen LogP contribution in [0.2, 0.25) is 0 Å². The van der Waals surface area contributed by atoms with Crippen LogP contribution in [-0.4, -0.2) is 26.2 Å². The van der Waals surface area contributed by atoms with Crippen LogP contribution in [-0.2, 0) is 27.9 Å². The van der Waals surface area contributed by atoms with Crippen LogP contribution < -0.4 is 0 Å². The highest BCUT2D eigenvalue weighted by Gasteiger charge is 2.10. The van der Waals surface area contributed by atoms with Crippen molar-refractivity contribution in [3.63, 3.8) is 0 Å². The molecule has 0 N–H and O–H groups in total. The van der Waals surface area contributed by atoms with Gasteiger partial charge in [-0.05, 0) is 0 Å². The van der Waals surface area contributed by atoms with Gasteiger partial charge in [0.15, 0.2) is 0 Å². The molecule has 0 bridgehead atoms. The summed E-state index contributed by atoms with van der Waals surface area (Å²) in [6.07, 6.45) is -0.249. The summed E-state index contributed by atoms with van der Waals surface area (Å²) < 4.78 is 23.3. The number of carbonyl (C=O) groups is 2. The van der Waals surface area contributed by atoms with Crippen molar-refractivity contribution in [1.82, 2.24) is 0 Å². The third-order valence-corrected chi connectivity index (χ3v) is 1.85. The second-order valence-corrected chi connectivity index (χ2v) is 3.12. The monoisotopic (exact) mass is 210 g/mol. The first kappa shape index (κ1) is 12.1. The van der Waals surface area contributed by atoms with Gasteiger partial charge in [-0.1, -0.05) is 0 Å². The molecule has 7 heteroatoms. The number of ether oxygens (including phenoxy) is 1. The average molecular weight is 210 g/mol. The minimum Gasteiger partial charge on any atom is -0.469 e. The number of esters is 1.